The van der Waals surface area contributed by atoms with Crippen molar-refractivity contribution in [2.24, 2.45) is 0 Å². The van der Waals surface area contributed by atoms with Crippen LogP contribution in [0.3, 0.4) is 0 Å². The summed E-state index contributed by atoms with van der Waals surface area (Å²) in [5.41, 5.74) is 1.08. The van der Waals surface area contributed by atoms with Crippen LogP contribution >= 0.6 is 22.9 Å². The molecule has 1 aromatic heterocycles. The average Bonchev–Trinajstić information content (AvgIpc) is 2.91. The zero-order valence-corrected chi connectivity index (χ0v) is 11.3. The number of benzene rings is 1. The standard InChI is InChI=1S/C14H13ClO2S/c15-12(9-11-2-1-7-18-11)10-3-4-13-14(8-10)17-6-5-16-13/h1-4,7-8,12H,5-6,9H2. The van der Waals surface area contributed by atoms with Crippen LogP contribution in [0.15, 0.2) is 35.7 Å². The summed E-state index contributed by atoms with van der Waals surface area (Å²) in [6.07, 6.45) is 0.846. The Labute approximate surface area is 115 Å². The number of alkyl halides is 1. The molecule has 0 saturated heterocycles. The van der Waals surface area contributed by atoms with Crippen LogP contribution in [-0.4, -0.2) is 13.2 Å². The molecule has 2 aromatic rings. The minimum absolute atomic E-state index is 0.0283. The maximum absolute atomic E-state index is 6.45. The third-order valence-electron chi connectivity index (χ3n) is 2.89. The molecular weight excluding hydrogens is 268 g/mol. The first-order valence-corrected chi connectivity index (χ1v) is 7.20. The van der Waals surface area contributed by atoms with Crippen molar-refractivity contribution in [3.8, 4) is 11.5 Å². The van der Waals surface area contributed by atoms with Gasteiger partial charge in [0, 0.05) is 11.3 Å². The zero-order valence-electron chi connectivity index (χ0n) is 9.77. The van der Waals surface area contributed by atoms with Crippen LogP contribution in [0.4, 0.5) is 0 Å². The van der Waals surface area contributed by atoms with E-state index < -0.39 is 0 Å². The van der Waals surface area contributed by atoms with Crippen molar-refractivity contribution < 1.29 is 9.47 Å². The fourth-order valence-corrected chi connectivity index (χ4v) is 3.12. The summed E-state index contributed by atoms with van der Waals surface area (Å²) in [5, 5.41) is 2.04. The summed E-state index contributed by atoms with van der Waals surface area (Å²) >= 11 is 8.18. The summed E-state index contributed by atoms with van der Waals surface area (Å²) in [5.74, 6) is 1.61. The molecule has 2 heterocycles. The lowest BCUT2D eigenvalue weighted by atomic mass is 10.1. The molecule has 0 fully saturated rings. The predicted octanol–water partition coefficient (Wildman–Crippen LogP) is 4.04. The van der Waals surface area contributed by atoms with E-state index in [9.17, 15) is 0 Å². The number of halogens is 1. The lowest BCUT2D eigenvalue weighted by Gasteiger charge is -2.19. The Hall–Kier alpha value is -1.19. The van der Waals surface area contributed by atoms with Gasteiger partial charge in [-0.15, -0.1) is 22.9 Å². The minimum atomic E-state index is -0.0283. The van der Waals surface area contributed by atoms with E-state index in [1.807, 2.05) is 24.3 Å². The second kappa shape index (κ2) is 5.21. The fraction of sp³-hybridized carbons (Fsp3) is 0.286. The van der Waals surface area contributed by atoms with Gasteiger partial charge in [-0.25, -0.2) is 0 Å². The molecule has 1 atom stereocenters. The highest BCUT2D eigenvalue weighted by molar-refractivity contribution is 7.09. The van der Waals surface area contributed by atoms with Crippen molar-refractivity contribution in [3.63, 3.8) is 0 Å². The first-order chi connectivity index (χ1) is 8.83. The molecule has 0 spiro atoms. The molecule has 1 aliphatic rings. The van der Waals surface area contributed by atoms with Crippen LogP contribution in [0, 0.1) is 0 Å². The minimum Gasteiger partial charge on any atom is -0.486 e. The Balaban J connectivity index is 1.79. The molecule has 0 bridgehead atoms. The summed E-state index contributed by atoms with van der Waals surface area (Å²) in [6, 6.07) is 10.1. The van der Waals surface area contributed by atoms with Gasteiger partial charge in [0.05, 0.1) is 5.38 Å². The molecule has 2 nitrogen and oxygen atoms in total. The van der Waals surface area contributed by atoms with E-state index in [2.05, 4.69) is 11.4 Å². The molecule has 0 amide bonds. The molecule has 1 aromatic carbocycles. The van der Waals surface area contributed by atoms with Crippen molar-refractivity contribution in [2.45, 2.75) is 11.8 Å². The lowest BCUT2D eigenvalue weighted by molar-refractivity contribution is 0.171. The fourth-order valence-electron chi connectivity index (χ4n) is 1.98. The summed E-state index contributed by atoms with van der Waals surface area (Å²) in [6.45, 7) is 1.22. The Morgan fingerprint density at radius 2 is 2.00 bits per heavy atom. The highest BCUT2D eigenvalue weighted by Crippen LogP contribution is 2.35. The highest BCUT2D eigenvalue weighted by atomic mass is 35.5. The van der Waals surface area contributed by atoms with E-state index in [0.717, 1.165) is 23.5 Å². The number of hydrogen-bond donors (Lipinski definition) is 0. The van der Waals surface area contributed by atoms with Gasteiger partial charge in [0.15, 0.2) is 11.5 Å². The second-order valence-corrected chi connectivity index (χ2v) is 5.71. The SMILES string of the molecule is ClC(Cc1cccs1)c1ccc2c(c1)OCCO2. The molecular formula is C14H13ClO2S. The number of ether oxygens (including phenoxy) is 2. The number of thiophene rings is 1. The van der Waals surface area contributed by atoms with E-state index in [0.29, 0.717) is 13.2 Å². The van der Waals surface area contributed by atoms with Gasteiger partial charge in [0.2, 0.25) is 0 Å². The van der Waals surface area contributed by atoms with Gasteiger partial charge in [-0.05, 0) is 29.1 Å². The van der Waals surface area contributed by atoms with Gasteiger partial charge in [-0.3, -0.25) is 0 Å². The Morgan fingerprint density at radius 3 is 2.78 bits per heavy atom. The first-order valence-electron chi connectivity index (χ1n) is 5.89. The van der Waals surface area contributed by atoms with Crippen LogP contribution in [-0.2, 0) is 6.42 Å². The van der Waals surface area contributed by atoms with Gasteiger partial charge in [-0.1, -0.05) is 12.1 Å². The highest BCUT2D eigenvalue weighted by Gasteiger charge is 2.16. The van der Waals surface area contributed by atoms with E-state index in [1.54, 1.807) is 11.3 Å². The van der Waals surface area contributed by atoms with E-state index in [-0.39, 0.29) is 5.38 Å². The molecule has 18 heavy (non-hydrogen) atoms. The van der Waals surface area contributed by atoms with E-state index >= 15 is 0 Å². The van der Waals surface area contributed by atoms with E-state index in [4.69, 9.17) is 21.1 Å². The van der Waals surface area contributed by atoms with Crippen molar-refractivity contribution in [2.75, 3.05) is 13.2 Å². The normalized spacial score (nSPS) is 15.4. The van der Waals surface area contributed by atoms with Crippen molar-refractivity contribution >= 4 is 22.9 Å². The van der Waals surface area contributed by atoms with Crippen LogP contribution in [0.1, 0.15) is 15.8 Å². The smallest absolute Gasteiger partial charge is 0.161 e. The van der Waals surface area contributed by atoms with Gasteiger partial charge in [-0.2, -0.15) is 0 Å². The quantitative estimate of drug-likeness (QED) is 0.790. The zero-order chi connectivity index (χ0) is 12.4. The van der Waals surface area contributed by atoms with Gasteiger partial charge < -0.3 is 9.47 Å². The lowest BCUT2D eigenvalue weighted by Crippen LogP contribution is -2.15. The summed E-state index contributed by atoms with van der Waals surface area (Å²) in [4.78, 5) is 1.30. The largest absolute Gasteiger partial charge is 0.486 e. The molecule has 1 aliphatic heterocycles. The van der Waals surface area contributed by atoms with Crippen LogP contribution in [0.5, 0.6) is 11.5 Å². The monoisotopic (exact) mass is 280 g/mol. The van der Waals surface area contributed by atoms with Crippen molar-refractivity contribution in [1.29, 1.82) is 0 Å². The topological polar surface area (TPSA) is 18.5 Å². The summed E-state index contributed by atoms with van der Waals surface area (Å²) in [7, 11) is 0. The van der Waals surface area contributed by atoms with Crippen LogP contribution in [0.25, 0.3) is 0 Å². The van der Waals surface area contributed by atoms with Crippen LogP contribution < -0.4 is 9.47 Å². The second-order valence-electron chi connectivity index (χ2n) is 4.15. The molecule has 0 radical (unpaired) electrons. The summed E-state index contributed by atoms with van der Waals surface area (Å²) < 4.78 is 11.1. The maximum Gasteiger partial charge on any atom is 0.161 e. The van der Waals surface area contributed by atoms with Gasteiger partial charge in [0.25, 0.3) is 0 Å². The maximum atomic E-state index is 6.45. The van der Waals surface area contributed by atoms with E-state index in [1.165, 1.54) is 4.88 Å². The third kappa shape index (κ3) is 2.47. The predicted molar refractivity (Wildman–Crippen MR) is 74.0 cm³/mol. The Bertz CT molecular complexity index is 525. The first kappa shape index (κ1) is 11.9. The molecule has 1 unspecified atom stereocenters. The molecule has 94 valence electrons. The third-order valence-corrected chi connectivity index (χ3v) is 4.19. The van der Waals surface area contributed by atoms with Crippen molar-refractivity contribution in [3.05, 3.63) is 46.2 Å². The Morgan fingerprint density at radius 1 is 1.17 bits per heavy atom. The van der Waals surface area contributed by atoms with Crippen LogP contribution in [0.2, 0.25) is 0 Å². The number of fused-ring (bicyclic) bond motifs is 1. The molecule has 0 aliphatic carbocycles. The Kier molecular flexibility index (Phi) is 3.43. The molecule has 4 heteroatoms. The average molecular weight is 281 g/mol. The number of hydrogen-bond acceptors (Lipinski definition) is 3. The molecule has 0 saturated carbocycles. The molecule has 0 N–H and O–H groups in total. The van der Waals surface area contributed by atoms with Gasteiger partial charge >= 0.3 is 0 Å². The number of rotatable bonds is 3. The van der Waals surface area contributed by atoms with Gasteiger partial charge in [0.1, 0.15) is 13.2 Å². The molecule has 3 rings (SSSR count). The van der Waals surface area contributed by atoms with Crippen molar-refractivity contribution in [1.82, 2.24) is 0 Å².